The average Bonchev–Trinajstić information content (AvgIpc) is 2.71. The number of halogens is 5. The van der Waals surface area contributed by atoms with Crippen LogP contribution in [0.2, 0.25) is 5.02 Å². The molecular weight excluding hydrogens is 375 g/mol. The van der Waals surface area contributed by atoms with E-state index in [1.165, 1.54) is 10.9 Å². The number of carbonyl (C=O) groups excluding carboxylic acids is 1. The van der Waals surface area contributed by atoms with Crippen LogP contribution in [-0.2, 0) is 11.3 Å². The lowest BCUT2D eigenvalue weighted by Gasteiger charge is -2.06. The number of hydrogen-bond acceptors (Lipinski definition) is 2. The summed E-state index contributed by atoms with van der Waals surface area (Å²) in [7, 11) is 0. The molecule has 0 bridgehead atoms. The number of nitrogens with zero attached hydrogens (tertiary/aromatic N) is 2. The molecule has 21 heavy (non-hydrogen) atoms. The van der Waals surface area contributed by atoms with E-state index in [9.17, 15) is 18.0 Å². The first kappa shape index (κ1) is 15.8. The summed E-state index contributed by atoms with van der Waals surface area (Å²) in [6, 6.07) is 7.01. The number of carbonyl (C=O) groups is 1. The average molecular weight is 383 g/mol. The zero-order valence-electron chi connectivity index (χ0n) is 10.3. The number of anilines is 1. The number of rotatable bonds is 3. The van der Waals surface area contributed by atoms with Gasteiger partial charge in [0.1, 0.15) is 0 Å². The van der Waals surface area contributed by atoms with Crippen LogP contribution in [0.4, 0.5) is 19.0 Å². The SMILES string of the molecule is O=C(Nc1nn(Cc2ccccc2Cl)cc1Br)C(F)(F)F. The highest BCUT2D eigenvalue weighted by Crippen LogP contribution is 2.24. The molecular formula is C12H8BrClF3N3O. The van der Waals surface area contributed by atoms with Gasteiger partial charge in [-0.15, -0.1) is 0 Å². The van der Waals surface area contributed by atoms with E-state index >= 15 is 0 Å². The largest absolute Gasteiger partial charge is 0.471 e. The zero-order chi connectivity index (χ0) is 15.6. The predicted molar refractivity (Wildman–Crippen MR) is 75.2 cm³/mol. The molecule has 4 nitrogen and oxygen atoms in total. The molecule has 1 aromatic carbocycles. The quantitative estimate of drug-likeness (QED) is 0.876. The van der Waals surface area contributed by atoms with E-state index in [4.69, 9.17) is 11.6 Å². The maximum atomic E-state index is 12.2. The minimum atomic E-state index is -4.97. The Morgan fingerprint density at radius 2 is 2.05 bits per heavy atom. The highest BCUT2D eigenvalue weighted by atomic mass is 79.9. The summed E-state index contributed by atoms with van der Waals surface area (Å²) in [6.07, 6.45) is -3.51. The molecule has 0 atom stereocenters. The summed E-state index contributed by atoms with van der Waals surface area (Å²) in [5, 5.41) is 6.09. The van der Waals surface area contributed by atoms with Crippen LogP contribution in [0.15, 0.2) is 34.9 Å². The lowest BCUT2D eigenvalue weighted by atomic mass is 10.2. The maximum absolute atomic E-state index is 12.2. The number of nitrogens with one attached hydrogen (secondary N) is 1. The first-order valence-corrected chi connectivity index (χ1v) is 6.79. The Hall–Kier alpha value is -1.54. The van der Waals surface area contributed by atoms with Gasteiger partial charge < -0.3 is 5.32 Å². The third kappa shape index (κ3) is 3.98. The molecule has 1 heterocycles. The van der Waals surface area contributed by atoms with Gasteiger partial charge in [-0.25, -0.2) is 0 Å². The van der Waals surface area contributed by atoms with Gasteiger partial charge in [-0.05, 0) is 27.6 Å². The van der Waals surface area contributed by atoms with E-state index in [1.54, 1.807) is 29.6 Å². The molecule has 1 aromatic heterocycles. The van der Waals surface area contributed by atoms with Crippen LogP contribution < -0.4 is 5.32 Å². The van der Waals surface area contributed by atoms with Gasteiger partial charge in [-0.1, -0.05) is 29.8 Å². The highest BCUT2D eigenvalue weighted by Gasteiger charge is 2.39. The summed E-state index contributed by atoms with van der Waals surface area (Å²) < 4.78 is 38.2. The molecule has 0 fully saturated rings. The third-order valence-corrected chi connectivity index (χ3v) is 3.45. The molecule has 0 unspecified atom stereocenters. The van der Waals surface area contributed by atoms with Crippen LogP contribution in [-0.4, -0.2) is 21.9 Å². The topological polar surface area (TPSA) is 46.9 Å². The van der Waals surface area contributed by atoms with Gasteiger partial charge in [0, 0.05) is 11.2 Å². The standard InChI is InChI=1S/C12H8BrClF3N3O/c13-8-6-20(5-7-3-1-2-4-9(7)14)19-10(8)18-11(21)12(15,16)17/h1-4,6H,5H2,(H,18,19,21). The monoisotopic (exact) mass is 381 g/mol. The van der Waals surface area contributed by atoms with Crippen molar-refractivity contribution in [2.45, 2.75) is 12.7 Å². The minimum absolute atomic E-state index is 0.204. The summed E-state index contributed by atoms with van der Waals surface area (Å²) in [4.78, 5) is 10.9. The normalized spacial score (nSPS) is 11.5. The van der Waals surface area contributed by atoms with E-state index in [-0.39, 0.29) is 16.8 Å². The molecule has 2 rings (SSSR count). The van der Waals surface area contributed by atoms with Gasteiger partial charge in [0.2, 0.25) is 0 Å². The Kier molecular flexibility index (Phi) is 4.58. The molecule has 0 saturated carbocycles. The molecule has 1 N–H and O–H groups in total. The van der Waals surface area contributed by atoms with E-state index in [0.29, 0.717) is 5.02 Å². The molecule has 0 radical (unpaired) electrons. The van der Waals surface area contributed by atoms with E-state index in [0.717, 1.165) is 5.56 Å². The van der Waals surface area contributed by atoms with Gasteiger partial charge in [-0.3, -0.25) is 9.48 Å². The molecule has 0 spiro atoms. The molecule has 0 aliphatic heterocycles. The van der Waals surface area contributed by atoms with Crippen molar-refractivity contribution in [3.05, 3.63) is 45.5 Å². The molecule has 1 amide bonds. The van der Waals surface area contributed by atoms with E-state index in [2.05, 4.69) is 21.0 Å². The Labute approximate surface area is 131 Å². The fourth-order valence-electron chi connectivity index (χ4n) is 1.54. The fourth-order valence-corrected chi connectivity index (χ4v) is 2.15. The Morgan fingerprint density at radius 1 is 1.38 bits per heavy atom. The Balaban J connectivity index is 2.16. The number of benzene rings is 1. The molecule has 9 heteroatoms. The van der Waals surface area contributed by atoms with Gasteiger partial charge in [0.25, 0.3) is 0 Å². The predicted octanol–water partition coefficient (Wildman–Crippen LogP) is 3.85. The third-order valence-electron chi connectivity index (χ3n) is 2.50. The van der Waals surface area contributed by atoms with Gasteiger partial charge in [0.15, 0.2) is 5.82 Å². The lowest BCUT2D eigenvalue weighted by Crippen LogP contribution is -2.30. The van der Waals surface area contributed by atoms with Crippen molar-refractivity contribution in [1.82, 2.24) is 9.78 Å². The van der Waals surface area contributed by atoms with Gasteiger partial charge >= 0.3 is 12.1 Å². The highest BCUT2D eigenvalue weighted by molar-refractivity contribution is 9.10. The fraction of sp³-hybridized carbons (Fsp3) is 0.167. The molecule has 0 aliphatic carbocycles. The summed E-state index contributed by atoms with van der Waals surface area (Å²) >= 11 is 9.04. The van der Waals surface area contributed by atoms with Crippen LogP contribution in [0.5, 0.6) is 0 Å². The minimum Gasteiger partial charge on any atom is -0.300 e. The van der Waals surface area contributed by atoms with E-state index < -0.39 is 12.1 Å². The molecule has 112 valence electrons. The second-order valence-corrected chi connectivity index (χ2v) is 5.33. The second-order valence-electron chi connectivity index (χ2n) is 4.07. The number of hydrogen-bond donors (Lipinski definition) is 1. The Bertz CT molecular complexity index is 672. The maximum Gasteiger partial charge on any atom is 0.471 e. The lowest BCUT2D eigenvalue weighted by molar-refractivity contribution is -0.167. The summed E-state index contributed by atoms with van der Waals surface area (Å²) in [6.45, 7) is 0.264. The van der Waals surface area contributed by atoms with Crippen molar-refractivity contribution in [3.8, 4) is 0 Å². The zero-order valence-corrected chi connectivity index (χ0v) is 12.6. The molecule has 0 aliphatic rings. The summed E-state index contributed by atoms with van der Waals surface area (Å²) in [5.74, 6) is -2.28. The van der Waals surface area contributed by atoms with Crippen LogP contribution >= 0.6 is 27.5 Å². The molecule has 2 aromatic rings. The molecule has 0 saturated heterocycles. The van der Waals surface area contributed by atoms with Crippen LogP contribution in [0.25, 0.3) is 0 Å². The van der Waals surface area contributed by atoms with Gasteiger partial charge in [0.05, 0.1) is 11.0 Å². The summed E-state index contributed by atoms with van der Waals surface area (Å²) in [5.41, 5.74) is 0.753. The van der Waals surface area contributed by atoms with Crippen LogP contribution in [0.3, 0.4) is 0 Å². The van der Waals surface area contributed by atoms with Crippen molar-refractivity contribution in [2.75, 3.05) is 5.32 Å². The van der Waals surface area contributed by atoms with Gasteiger partial charge in [-0.2, -0.15) is 18.3 Å². The van der Waals surface area contributed by atoms with Crippen molar-refractivity contribution >= 4 is 39.3 Å². The second kappa shape index (κ2) is 6.07. The van der Waals surface area contributed by atoms with Crippen molar-refractivity contribution in [1.29, 1.82) is 0 Å². The van der Waals surface area contributed by atoms with Crippen LogP contribution in [0.1, 0.15) is 5.56 Å². The van der Waals surface area contributed by atoms with Crippen molar-refractivity contribution in [2.24, 2.45) is 0 Å². The Morgan fingerprint density at radius 3 is 2.67 bits per heavy atom. The van der Waals surface area contributed by atoms with E-state index in [1.807, 2.05) is 0 Å². The smallest absolute Gasteiger partial charge is 0.300 e. The van der Waals surface area contributed by atoms with Crippen LogP contribution in [0, 0.1) is 0 Å². The number of alkyl halides is 3. The first-order valence-electron chi connectivity index (χ1n) is 5.62. The number of amides is 1. The van der Waals surface area contributed by atoms with Crippen molar-refractivity contribution < 1.29 is 18.0 Å². The number of aromatic nitrogens is 2. The van der Waals surface area contributed by atoms with Crippen molar-refractivity contribution in [3.63, 3.8) is 0 Å². The first-order chi connectivity index (χ1) is 9.77.